The molecule has 2 aromatic rings. The molecule has 0 aliphatic rings. The van der Waals surface area contributed by atoms with Crippen molar-refractivity contribution in [2.75, 3.05) is 5.32 Å². The zero-order valence-electron chi connectivity index (χ0n) is 13.0. The van der Waals surface area contributed by atoms with Gasteiger partial charge >= 0.3 is 0 Å². The Labute approximate surface area is 130 Å². The van der Waals surface area contributed by atoms with E-state index in [0.29, 0.717) is 0 Å². The Bertz CT molecular complexity index is 745. The van der Waals surface area contributed by atoms with E-state index in [1.807, 2.05) is 69.3 Å². The highest BCUT2D eigenvalue weighted by atomic mass is 16.1. The van der Waals surface area contributed by atoms with Crippen LogP contribution in [0.3, 0.4) is 0 Å². The first-order valence-electron chi connectivity index (χ1n) is 7.07. The van der Waals surface area contributed by atoms with Crippen molar-refractivity contribution in [3.8, 4) is 6.07 Å². The van der Waals surface area contributed by atoms with Gasteiger partial charge in [0.15, 0.2) is 0 Å². The molecular weight excluding hydrogens is 272 g/mol. The van der Waals surface area contributed by atoms with Gasteiger partial charge in [-0.3, -0.25) is 4.79 Å². The van der Waals surface area contributed by atoms with Gasteiger partial charge in [0.1, 0.15) is 11.6 Å². The number of hydrogen-bond acceptors (Lipinski definition) is 2. The van der Waals surface area contributed by atoms with Crippen LogP contribution >= 0.6 is 0 Å². The van der Waals surface area contributed by atoms with E-state index in [0.717, 1.165) is 27.9 Å². The number of anilines is 1. The van der Waals surface area contributed by atoms with Gasteiger partial charge in [-0.2, -0.15) is 5.26 Å². The third kappa shape index (κ3) is 3.62. The number of rotatable bonds is 3. The Morgan fingerprint density at radius 3 is 2.18 bits per heavy atom. The van der Waals surface area contributed by atoms with Crippen molar-refractivity contribution >= 4 is 17.7 Å². The highest BCUT2D eigenvalue weighted by Gasteiger charge is 2.12. The second-order valence-corrected chi connectivity index (χ2v) is 5.30. The van der Waals surface area contributed by atoms with Gasteiger partial charge in [0.05, 0.1) is 0 Å². The molecule has 0 aromatic heterocycles. The maximum Gasteiger partial charge on any atom is 0.266 e. The Morgan fingerprint density at radius 2 is 1.64 bits per heavy atom. The molecule has 22 heavy (non-hydrogen) atoms. The topological polar surface area (TPSA) is 52.9 Å². The molecule has 0 saturated heterocycles. The Balaban J connectivity index is 2.26. The lowest BCUT2D eigenvalue weighted by Gasteiger charge is -2.10. The average Bonchev–Trinajstić information content (AvgIpc) is 2.50. The minimum absolute atomic E-state index is 0.0894. The summed E-state index contributed by atoms with van der Waals surface area (Å²) in [6.07, 6.45) is 1.60. The van der Waals surface area contributed by atoms with Gasteiger partial charge in [-0.15, -0.1) is 0 Å². The minimum atomic E-state index is -0.388. The maximum atomic E-state index is 12.3. The summed E-state index contributed by atoms with van der Waals surface area (Å²) in [5, 5.41) is 12.1. The normalized spacial score (nSPS) is 10.9. The number of amides is 1. The van der Waals surface area contributed by atoms with E-state index in [1.165, 1.54) is 0 Å². The first-order valence-corrected chi connectivity index (χ1v) is 7.07. The van der Waals surface area contributed by atoms with E-state index in [1.54, 1.807) is 6.08 Å². The summed E-state index contributed by atoms with van der Waals surface area (Å²) in [4.78, 5) is 12.3. The van der Waals surface area contributed by atoms with E-state index in [9.17, 15) is 10.1 Å². The molecule has 110 valence electrons. The van der Waals surface area contributed by atoms with Crippen molar-refractivity contribution in [3.63, 3.8) is 0 Å². The van der Waals surface area contributed by atoms with Gasteiger partial charge in [-0.25, -0.2) is 0 Å². The fourth-order valence-electron chi connectivity index (χ4n) is 2.17. The molecule has 3 heteroatoms. The largest absolute Gasteiger partial charge is 0.321 e. The van der Waals surface area contributed by atoms with Crippen LogP contribution in [0.25, 0.3) is 6.08 Å². The van der Waals surface area contributed by atoms with Crippen LogP contribution in [0.5, 0.6) is 0 Å². The average molecular weight is 290 g/mol. The quantitative estimate of drug-likeness (QED) is 0.681. The lowest BCUT2D eigenvalue weighted by Crippen LogP contribution is -2.15. The highest BCUT2D eigenvalue weighted by Crippen LogP contribution is 2.20. The second-order valence-electron chi connectivity index (χ2n) is 5.30. The minimum Gasteiger partial charge on any atom is -0.321 e. The molecular formula is C19H18N2O. The summed E-state index contributed by atoms with van der Waals surface area (Å²) in [6, 6.07) is 15.4. The third-order valence-corrected chi connectivity index (χ3v) is 3.47. The van der Waals surface area contributed by atoms with Crippen LogP contribution in [0, 0.1) is 32.1 Å². The van der Waals surface area contributed by atoms with E-state index in [2.05, 4.69) is 5.32 Å². The van der Waals surface area contributed by atoms with E-state index in [4.69, 9.17) is 0 Å². The lowest BCUT2D eigenvalue weighted by atomic mass is 10.1. The van der Waals surface area contributed by atoms with Crippen LogP contribution in [0.4, 0.5) is 5.69 Å². The van der Waals surface area contributed by atoms with Crippen molar-refractivity contribution < 1.29 is 4.79 Å². The molecule has 1 amide bonds. The van der Waals surface area contributed by atoms with Gasteiger partial charge in [-0.05, 0) is 43.5 Å². The Morgan fingerprint density at radius 1 is 1.05 bits per heavy atom. The van der Waals surface area contributed by atoms with Crippen molar-refractivity contribution in [1.82, 2.24) is 0 Å². The number of nitriles is 1. The standard InChI is InChI=1S/C19H18N2O/c1-13-7-9-16(10-8-13)11-17(12-20)19(22)21-18-14(2)5-4-6-15(18)3/h4-11H,1-3H3,(H,21,22)/b17-11-. The molecule has 0 heterocycles. The summed E-state index contributed by atoms with van der Waals surface area (Å²) in [5.41, 5.74) is 4.76. The number of nitrogens with zero attached hydrogens (tertiary/aromatic N) is 1. The maximum absolute atomic E-state index is 12.3. The SMILES string of the molecule is Cc1ccc(/C=C(/C#N)C(=O)Nc2c(C)cccc2C)cc1. The molecule has 0 aliphatic heterocycles. The lowest BCUT2D eigenvalue weighted by molar-refractivity contribution is -0.112. The highest BCUT2D eigenvalue weighted by molar-refractivity contribution is 6.10. The van der Waals surface area contributed by atoms with Gasteiger partial charge in [0.25, 0.3) is 5.91 Å². The molecule has 0 spiro atoms. The fraction of sp³-hybridized carbons (Fsp3) is 0.158. The van der Waals surface area contributed by atoms with Gasteiger partial charge in [0, 0.05) is 5.69 Å². The number of aryl methyl sites for hydroxylation is 3. The van der Waals surface area contributed by atoms with Gasteiger partial charge in [-0.1, -0.05) is 48.0 Å². The number of carbonyl (C=O) groups excluding carboxylic acids is 1. The van der Waals surface area contributed by atoms with Crippen molar-refractivity contribution in [3.05, 3.63) is 70.3 Å². The van der Waals surface area contributed by atoms with Crippen LogP contribution in [0.15, 0.2) is 48.0 Å². The Hall–Kier alpha value is -2.86. The first kappa shape index (κ1) is 15.5. The van der Waals surface area contributed by atoms with Gasteiger partial charge < -0.3 is 5.32 Å². The number of hydrogen-bond donors (Lipinski definition) is 1. The zero-order chi connectivity index (χ0) is 16.1. The van der Waals surface area contributed by atoms with Crippen LogP contribution in [0.1, 0.15) is 22.3 Å². The number of benzene rings is 2. The summed E-state index contributed by atoms with van der Waals surface area (Å²) in [7, 11) is 0. The number of para-hydroxylation sites is 1. The van der Waals surface area contributed by atoms with E-state index < -0.39 is 0 Å². The van der Waals surface area contributed by atoms with Crippen LogP contribution in [0.2, 0.25) is 0 Å². The van der Waals surface area contributed by atoms with Crippen LogP contribution in [-0.2, 0) is 4.79 Å². The Kier molecular flexibility index (Phi) is 4.75. The smallest absolute Gasteiger partial charge is 0.266 e. The molecule has 0 bridgehead atoms. The first-order chi connectivity index (χ1) is 10.5. The number of nitrogens with one attached hydrogen (secondary N) is 1. The molecule has 0 unspecified atom stereocenters. The second kappa shape index (κ2) is 6.73. The molecule has 0 fully saturated rings. The fourth-order valence-corrected chi connectivity index (χ4v) is 2.17. The number of carbonyl (C=O) groups is 1. The molecule has 2 aromatic carbocycles. The van der Waals surface area contributed by atoms with E-state index >= 15 is 0 Å². The summed E-state index contributed by atoms with van der Waals surface area (Å²) in [5.74, 6) is -0.388. The van der Waals surface area contributed by atoms with Crippen molar-refractivity contribution in [2.45, 2.75) is 20.8 Å². The van der Waals surface area contributed by atoms with Crippen LogP contribution in [-0.4, -0.2) is 5.91 Å². The summed E-state index contributed by atoms with van der Waals surface area (Å²) >= 11 is 0. The molecule has 0 saturated carbocycles. The zero-order valence-corrected chi connectivity index (χ0v) is 13.0. The molecule has 0 atom stereocenters. The molecule has 2 rings (SSSR count). The van der Waals surface area contributed by atoms with Crippen molar-refractivity contribution in [1.29, 1.82) is 5.26 Å². The van der Waals surface area contributed by atoms with E-state index in [-0.39, 0.29) is 11.5 Å². The molecule has 1 N–H and O–H groups in total. The predicted molar refractivity (Wildman–Crippen MR) is 89.3 cm³/mol. The van der Waals surface area contributed by atoms with Crippen LogP contribution < -0.4 is 5.32 Å². The van der Waals surface area contributed by atoms with Gasteiger partial charge in [0.2, 0.25) is 0 Å². The molecule has 3 nitrogen and oxygen atoms in total. The third-order valence-electron chi connectivity index (χ3n) is 3.47. The monoisotopic (exact) mass is 290 g/mol. The predicted octanol–water partition coefficient (Wildman–Crippen LogP) is 4.16. The molecule has 0 radical (unpaired) electrons. The molecule has 0 aliphatic carbocycles. The van der Waals surface area contributed by atoms with Crippen molar-refractivity contribution in [2.24, 2.45) is 0 Å². The summed E-state index contributed by atoms with van der Waals surface area (Å²) in [6.45, 7) is 5.85. The summed E-state index contributed by atoms with van der Waals surface area (Å²) < 4.78 is 0.